The second-order valence-electron chi connectivity index (χ2n) is 5.34. The molecule has 2 unspecified atom stereocenters. The molecule has 0 radical (unpaired) electrons. The van der Waals surface area contributed by atoms with Crippen LogP contribution in [0.5, 0.6) is 5.75 Å². The molecule has 0 amide bonds. The molecule has 3 rings (SSSR count). The molecular weight excluding hydrogens is 294 g/mol. The van der Waals surface area contributed by atoms with Gasteiger partial charge in [-0.05, 0) is 23.8 Å². The first kappa shape index (κ1) is 14.6. The van der Waals surface area contributed by atoms with Crippen molar-refractivity contribution in [3.05, 3.63) is 28.8 Å². The molecule has 1 aromatic carbocycles. The van der Waals surface area contributed by atoms with Gasteiger partial charge in [0.25, 0.3) is 0 Å². The first-order valence-corrected chi connectivity index (χ1v) is 7.40. The van der Waals surface area contributed by atoms with Crippen LogP contribution in [0.3, 0.4) is 0 Å². The Morgan fingerprint density at radius 3 is 3.19 bits per heavy atom. The Hall–Kier alpha value is -1.30. The number of fused-ring (bicyclic) bond motifs is 1. The molecule has 0 aliphatic carbocycles. The number of carbonyl (C=O) groups is 1. The molecule has 1 fully saturated rings. The Morgan fingerprint density at radius 1 is 1.52 bits per heavy atom. The van der Waals surface area contributed by atoms with E-state index in [1.165, 1.54) is 7.11 Å². The van der Waals surface area contributed by atoms with Crippen molar-refractivity contribution >= 4 is 17.6 Å². The molecule has 114 valence electrons. The van der Waals surface area contributed by atoms with Gasteiger partial charge in [0.05, 0.1) is 13.7 Å². The van der Waals surface area contributed by atoms with Crippen molar-refractivity contribution in [2.45, 2.75) is 18.6 Å². The largest absolute Gasteiger partial charge is 0.488 e. The summed E-state index contributed by atoms with van der Waals surface area (Å²) in [7, 11) is 1.38. The molecule has 0 N–H and O–H groups in total. The number of ether oxygens (including phenoxy) is 3. The first-order valence-electron chi connectivity index (χ1n) is 7.02. The lowest BCUT2D eigenvalue weighted by atomic mass is 10.1. The van der Waals surface area contributed by atoms with E-state index in [2.05, 4.69) is 4.90 Å². The Kier molecular flexibility index (Phi) is 4.33. The molecule has 5 nitrogen and oxygen atoms in total. The highest BCUT2D eigenvalue weighted by Gasteiger charge is 2.31. The van der Waals surface area contributed by atoms with Gasteiger partial charge in [0.1, 0.15) is 11.9 Å². The van der Waals surface area contributed by atoms with Gasteiger partial charge in [0, 0.05) is 31.1 Å². The standard InChI is InChI=1S/C15H18ClNO4/c1-19-15(18)14-9-17(4-5-20-14)8-12-7-10-6-11(16)2-3-13(10)21-12/h2-3,6,12,14H,4-5,7-9H2,1H3. The maximum atomic E-state index is 11.5. The molecule has 21 heavy (non-hydrogen) atoms. The minimum Gasteiger partial charge on any atom is -0.488 e. The van der Waals surface area contributed by atoms with E-state index in [1.54, 1.807) is 0 Å². The van der Waals surface area contributed by atoms with Crippen LogP contribution in [-0.2, 0) is 20.7 Å². The van der Waals surface area contributed by atoms with Crippen LogP contribution in [-0.4, -0.2) is 56.4 Å². The van der Waals surface area contributed by atoms with E-state index in [0.717, 1.165) is 35.8 Å². The number of carbonyl (C=O) groups excluding carboxylic acids is 1. The summed E-state index contributed by atoms with van der Waals surface area (Å²) in [6.07, 6.45) is 0.438. The van der Waals surface area contributed by atoms with Crippen LogP contribution in [0.15, 0.2) is 18.2 Å². The Bertz CT molecular complexity index is 536. The fourth-order valence-corrected chi connectivity index (χ4v) is 3.02. The minimum atomic E-state index is -0.498. The number of nitrogens with zero attached hydrogens (tertiary/aromatic N) is 1. The zero-order chi connectivity index (χ0) is 14.8. The number of benzene rings is 1. The van der Waals surface area contributed by atoms with Gasteiger partial charge < -0.3 is 14.2 Å². The average Bonchev–Trinajstić information content (AvgIpc) is 2.88. The van der Waals surface area contributed by atoms with Crippen molar-refractivity contribution in [3.8, 4) is 5.75 Å². The molecule has 1 saturated heterocycles. The Labute approximate surface area is 128 Å². The number of hydrogen-bond donors (Lipinski definition) is 0. The number of methoxy groups -OCH3 is 1. The maximum Gasteiger partial charge on any atom is 0.336 e. The monoisotopic (exact) mass is 311 g/mol. The number of rotatable bonds is 3. The van der Waals surface area contributed by atoms with Crippen LogP contribution in [0, 0.1) is 0 Å². The summed E-state index contributed by atoms with van der Waals surface area (Å²) in [5, 5.41) is 0.732. The number of hydrogen-bond acceptors (Lipinski definition) is 5. The summed E-state index contributed by atoms with van der Waals surface area (Å²) >= 11 is 6.00. The SMILES string of the molecule is COC(=O)C1CN(CC2Cc3cc(Cl)ccc3O2)CCO1. The van der Waals surface area contributed by atoms with Crippen LogP contribution in [0.4, 0.5) is 0 Å². The summed E-state index contributed by atoms with van der Waals surface area (Å²) in [6, 6.07) is 5.70. The molecule has 0 spiro atoms. The summed E-state index contributed by atoms with van der Waals surface area (Å²) in [6.45, 7) is 2.64. The zero-order valence-electron chi connectivity index (χ0n) is 11.9. The molecular formula is C15H18ClNO4. The van der Waals surface area contributed by atoms with Crippen LogP contribution in [0.2, 0.25) is 5.02 Å². The van der Waals surface area contributed by atoms with Crippen molar-refractivity contribution in [2.75, 3.05) is 33.4 Å². The third kappa shape index (κ3) is 3.31. The zero-order valence-corrected chi connectivity index (χ0v) is 12.6. The highest BCUT2D eigenvalue weighted by Crippen LogP contribution is 2.31. The van der Waals surface area contributed by atoms with E-state index < -0.39 is 6.10 Å². The quantitative estimate of drug-likeness (QED) is 0.792. The summed E-state index contributed by atoms with van der Waals surface area (Å²) in [5.41, 5.74) is 1.14. The lowest BCUT2D eigenvalue weighted by Gasteiger charge is -2.32. The smallest absolute Gasteiger partial charge is 0.336 e. The van der Waals surface area contributed by atoms with Crippen molar-refractivity contribution in [2.24, 2.45) is 0 Å². The molecule has 0 saturated carbocycles. The lowest BCUT2D eigenvalue weighted by Crippen LogP contribution is -2.49. The topological polar surface area (TPSA) is 48.0 Å². The summed E-state index contributed by atoms with van der Waals surface area (Å²) in [5.74, 6) is 0.587. The predicted octanol–water partition coefficient (Wildman–Crippen LogP) is 1.52. The van der Waals surface area contributed by atoms with Crippen molar-refractivity contribution in [1.29, 1.82) is 0 Å². The van der Waals surface area contributed by atoms with Crippen molar-refractivity contribution in [1.82, 2.24) is 4.90 Å². The molecule has 1 aromatic rings. The second kappa shape index (κ2) is 6.22. The normalized spacial score (nSPS) is 25.2. The number of esters is 1. The van der Waals surface area contributed by atoms with E-state index in [1.807, 2.05) is 18.2 Å². The second-order valence-corrected chi connectivity index (χ2v) is 5.77. The fourth-order valence-electron chi connectivity index (χ4n) is 2.82. The van der Waals surface area contributed by atoms with E-state index in [9.17, 15) is 4.79 Å². The average molecular weight is 312 g/mol. The van der Waals surface area contributed by atoms with E-state index >= 15 is 0 Å². The van der Waals surface area contributed by atoms with Gasteiger partial charge in [-0.2, -0.15) is 0 Å². The molecule has 6 heteroatoms. The van der Waals surface area contributed by atoms with Gasteiger partial charge in [-0.3, -0.25) is 4.90 Å². The molecule has 2 aliphatic heterocycles. The molecule has 2 aliphatic rings. The first-order chi connectivity index (χ1) is 10.2. The van der Waals surface area contributed by atoms with Gasteiger partial charge in [-0.25, -0.2) is 4.79 Å². The molecule has 2 heterocycles. The lowest BCUT2D eigenvalue weighted by molar-refractivity contribution is -0.160. The van der Waals surface area contributed by atoms with Crippen LogP contribution in [0.1, 0.15) is 5.56 Å². The highest BCUT2D eigenvalue weighted by molar-refractivity contribution is 6.30. The number of halogens is 1. The van der Waals surface area contributed by atoms with E-state index in [4.69, 9.17) is 25.8 Å². The maximum absolute atomic E-state index is 11.5. The van der Waals surface area contributed by atoms with E-state index in [-0.39, 0.29) is 12.1 Å². The Morgan fingerprint density at radius 2 is 2.38 bits per heavy atom. The van der Waals surface area contributed by atoms with E-state index in [0.29, 0.717) is 13.2 Å². The summed E-state index contributed by atoms with van der Waals surface area (Å²) in [4.78, 5) is 13.7. The minimum absolute atomic E-state index is 0.0925. The van der Waals surface area contributed by atoms with Crippen LogP contribution < -0.4 is 4.74 Å². The predicted molar refractivity (Wildman–Crippen MR) is 77.8 cm³/mol. The van der Waals surface area contributed by atoms with Crippen LogP contribution in [0.25, 0.3) is 0 Å². The Balaban J connectivity index is 1.57. The fraction of sp³-hybridized carbons (Fsp3) is 0.533. The molecule has 0 bridgehead atoms. The molecule has 0 aromatic heterocycles. The van der Waals surface area contributed by atoms with Gasteiger partial charge in [-0.1, -0.05) is 11.6 Å². The van der Waals surface area contributed by atoms with Gasteiger partial charge in [-0.15, -0.1) is 0 Å². The van der Waals surface area contributed by atoms with Gasteiger partial charge in [0.2, 0.25) is 0 Å². The van der Waals surface area contributed by atoms with Gasteiger partial charge in [0.15, 0.2) is 6.10 Å². The summed E-state index contributed by atoms with van der Waals surface area (Å²) < 4.78 is 16.1. The van der Waals surface area contributed by atoms with Crippen molar-refractivity contribution in [3.63, 3.8) is 0 Å². The third-order valence-corrected chi connectivity index (χ3v) is 4.08. The molecule has 2 atom stereocenters. The highest BCUT2D eigenvalue weighted by atomic mass is 35.5. The third-order valence-electron chi connectivity index (χ3n) is 3.84. The van der Waals surface area contributed by atoms with Crippen LogP contribution >= 0.6 is 11.6 Å². The van der Waals surface area contributed by atoms with Crippen molar-refractivity contribution < 1.29 is 19.0 Å². The number of morpholine rings is 1. The van der Waals surface area contributed by atoms with Gasteiger partial charge >= 0.3 is 5.97 Å².